The van der Waals surface area contributed by atoms with Crippen molar-refractivity contribution in [2.75, 3.05) is 0 Å². The maximum Gasteiger partial charge on any atom is 0.0542 e. The summed E-state index contributed by atoms with van der Waals surface area (Å²) in [6.45, 7) is 4.31. The monoisotopic (exact) mass is 649 g/mol. The Morgan fingerprint density at radius 1 is 0.500 bits per heavy atom. The first-order valence-corrected chi connectivity index (χ1v) is 18.2. The van der Waals surface area contributed by atoms with E-state index in [0.29, 0.717) is 0 Å². The SMILES string of the molecule is Cc1ccc2c(c1)C=C(c1ccc(-c3ccc4c(c3)sc3c5ccc(-c6ccc(-c7cc8cc(C)ccc8[nH]7)cc6)cc5sc43)cc1)C2. The van der Waals surface area contributed by atoms with E-state index in [0.717, 1.165) is 12.1 Å². The molecule has 1 aliphatic carbocycles. The topological polar surface area (TPSA) is 15.8 Å². The Hall–Kier alpha value is -5.22. The minimum atomic E-state index is 1.01. The third kappa shape index (κ3) is 4.57. The van der Waals surface area contributed by atoms with Gasteiger partial charge in [0.05, 0.1) is 9.40 Å². The average Bonchev–Trinajstić information content (AvgIpc) is 3.89. The third-order valence-corrected chi connectivity index (χ3v) is 12.5. The second-order valence-electron chi connectivity index (χ2n) is 13.3. The summed E-state index contributed by atoms with van der Waals surface area (Å²) >= 11 is 3.85. The molecule has 10 rings (SSSR count). The number of H-pyrrole nitrogens is 1. The summed E-state index contributed by atoms with van der Waals surface area (Å²) in [5, 5.41) is 3.98. The fourth-order valence-electron chi connectivity index (χ4n) is 7.38. The Bertz CT molecular complexity index is 2750. The number of fused-ring (bicyclic) bond motifs is 7. The molecule has 0 atom stereocenters. The molecule has 0 unspecified atom stereocenters. The first-order chi connectivity index (χ1) is 23.5. The van der Waals surface area contributed by atoms with Crippen molar-refractivity contribution in [2.45, 2.75) is 20.3 Å². The minimum Gasteiger partial charge on any atom is -0.355 e. The first kappa shape index (κ1) is 27.9. The molecule has 0 saturated carbocycles. The van der Waals surface area contributed by atoms with E-state index < -0.39 is 0 Å². The van der Waals surface area contributed by atoms with Gasteiger partial charge in [-0.2, -0.15) is 0 Å². The summed E-state index contributed by atoms with van der Waals surface area (Å²) in [7, 11) is 0. The summed E-state index contributed by atoms with van der Waals surface area (Å²) in [5.74, 6) is 0. The van der Waals surface area contributed by atoms with E-state index >= 15 is 0 Å². The number of hydrogen-bond acceptors (Lipinski definition) is 2. The molecule has 6 aromatic carbocycles. The van der Waals surface area contributed by atoms with Gasteiger partial charge in [0.25, 0.3) is 0 Å². The van der Waals surface area contributed by atoms with Crippen molar-refractivity contribution >= 4 is 74.8 Å². The highest BCUT2D eigenvalue weighted by Gasteiger charge is 2.16. The van der Waals surface area contributed by atoms with Crippen LogP contribution in [0.25, 0.3) is 85.6 Å². The molecule has 1 aliphatic rings. The molecule has 0 spiro atoms. The smallest absolute Gasteiger partial charge is 0.0542 e. The number of aromatic nitrogens is 1. The van der Waals surface area contributed by atoms with Crippen LogP contribution >= 0.6 is 22.7 Å². The zero-order valence-corrected chi connectivity index (χ0v) is 28.4. The average molecular weight is 650 g/mol. The quantitative estimate of drug-likeness (QED) is 0.195. The molecule has 3 aromatic heterocycles. The first-order valence-electron chi connectivity index (χ1n) is 16.5. The molecule has 0 aliphatic heterocycles. The number of nitrogens with one attached hydrogen (secondary N) is 1. The lowest BCUT2D eigenvalue weighted by Crippen LogP contribution is -1.86. The van der Waals surface area contributed by atoms with Crippen molar-refractivity contribution in [3.8, 4) is 33.5 Å². The number of allylic oxidation sites excluding steroid dienone is 1. The van der Waals surface area contributed by atoms with Crippen molar-refractivity contribution in [1.29, 1.82) is 0 Å². The van der Waals surface area contributed by atoms with Gasteiger partial charge in [0.2, 0.25) is 0 Å². The zero-order valence-electron chi connectivity index (χ0n) is 26.7. The molecular weight excluding hydrogens is 619 g/mol. The largest absolute Gasteiger partial charge is 0.355 e. The Morgan fingerprint density at radius 2 is 1.06 bits per heavy atom. The highest BCUT2D eigenvalue weighted by atomic mass is 32.1. The van der Waals surface area contributed by atoms with Crippen LogP contribution in [0.4, 0.5) is 0 Å². The molecule has 0 amide bonds. The Labute approximate surface area is 287 Å². The molecule has 1 N–H and O–H groups in total. The van der Waals surface area contributed by atoms with Crippen molar-refractivity contribution < 1.29 is 0 Å². The number of thiophene rings is 2. The Morgan fingerprint density at radius 3 is 1.73 bits per heavy atom. The van der Waals surface area contributed by atoms with E-state index in [2.05, 4.69) is 152 Å². The maximum absolute atomic E-state index is 3.58. The summed E-state index contributed by atoms with van der Waals surface area (Å²) in [6.07, 6.45) is 3.37. The van der Waals surface area contributed by atoms with Gasteiger partial charge >= 0.3 is 0 Å². The number of rotatable bonds is 4. The molecule has 3 heteroatoms. The van der Waals surface area contributed by atoms with Crippen LogP contribution in [0.5, 0.6) is 0 Å². The van der Waals surface area contributed by atoms with E-state index in [1.165, 1.54) is 102 Å². The Kier molecular flexibility index (Phi) is 6.18. The van der Waals surface area contributed by atoms with E-state index in [4.69, 9.17) is 0 Å². The van der Waals surface area contributed by atoms with E-state index in [1.807, 2.05) is 22.7 Å². The molecule has 0 saturated heterocycles. The molecule has 48 heavy (non-hydrogen) atoms. The van der Waals surface area contributed by atoms with Crippen LogP contribution in [0.15, 0.2) is 127 Å². The normalized spacial score (nSPS) is 12.8. The van der Waals surface area contributed by atoms with E-state index in [9.17, 15) is 0 Å². The van der Waals surface area contributed by atoms with E-state index in [-0.39, 0.29) is 0 Å². The number of aromatic amines is 1. The summed E-state index contributed by atoms with van der Waals surface area (Å²) in [5.41, 5.74) is 16.7. The fourth-order valence-corrected chi connectivity index (χ4v) is 10.1. The predicted octanol–water partition coefficient (Wildman–Crippen LogP) is 13.5. The van der Waals surface area contributed by atoms with Gasteiger partial charge in [0.1, 0.15) is 0 Å². The van der Waals surface area contributed by atoms with Gasteiger partial charge in [-0.25, -0.2) is 0 Å². The molecule has 0 fully saturated rings. The second-order valence-corrected chi connectivity index (χ2v) is 15.4. The lowest BCUT2D eigenvalue weighted by atomic mass is 9.99. The van der Waals surface area contributed by atoms with Crippen LogP contribution in [-0.2, 0) is 6.42 Å². The van der Waals surface area contributed by atoms with Crippen LogP contribution in [0.3, 0.4) is 0 Å². The number of hydrogen-bond donors (Lipinski definition) is 1. The second kappa shape index (κ2) is 10.6. The fraction of sp³-hybridized carbons (Fsp3) is 0.0667. The maximum atomic E-state index is 3.58. The molecule has 0 bridgehead atoms. The van der Waals surface area contributed by atoms with Gasteiger partial charge in [-0.15, -0.1) is 22.7 Å². The summed E-state index contributed by atoms with van der Waals surface area (Å²) in [4.78, 5) is 3.58. The van der Waals surface area contributed by atoms with E-state index in [1.54, 1.807) is 0 Å². The Balaban J connectivity index is 0.926. The summed E-state index contributed by atoms with van der Waals surface area (Å²) < 4.78 is 5.51. The molecule has 9 aromatic rings. The molecule has 0 radical (unpaired) electrons. The standard InChI is InChI=1S/C45H31NS2/c1-26-3-5-32-21-36(22-35(32)19-26)30-8-6-28(7-9-30)33-14-16-38-42(24-33)47-45-39-17-15-34(25-43(39)48-44(38)45)29-10-12-31(13-11-29)41-23-37-20-27(2)4-18-40(37)46-41/h3-20,22-25,46H,21H2,1-2H3. The van der Waals surface area contributed by atoms with Crippen LogP contribution in [0.1, 0.15) is 27.8 Å². The van der Waals surface area contributed by atoms with Gasteiger partial charge in [0, 0.05) is 36.8 Å². The van der Waals surface area contributed by atoms with Gasteiger partial charge in [0.15, 0.2) is 0 Å². The highest BCUT2D eigenvalue weighted by Crippen LogP contribution is 2.46. The molecule has 1 nitrogen and oxygen atoms in total. The molecule has 228 valence electrons. The van der Waals surface area contributed by atoms with Gasteiger partial charge < -0.3 is 4.98 Å². The van der Waals surface area contributed by atoms with Crippen molar-refractivity contribution in [1.82, 2.24) is 4.98 Å². The van der Waals surface area contributed by atoms with Crippen molar-refractivity contribution in [2.24, 2.45) is 0 Å². The van der Waals surface area contributed by atoms with Gasteiger partial charge in [-0.1, -0.05) is 114 Å². The zero-order chi connectivity index (χ0) is 31.9. The number of aryl methyl sites for hydroxylation is 2. The highest BCUT2D eigenvalue weighted by molar-refractivity contribution is 7.36. The lowest BCUT2D eigenvalue weighted by molar-refractivity contribution is 1.30. The van der Waals surface area contributed by atoms with Gasteiger partial charge in [-0.05, 0) is 101 Å². The lowest BCUT2D eigenvalue weighted by Gasteiger charge is -2.06. The van der Waals surface area contributed by atoms with Gasteiger partial charge in [-0.3, -0.25) is 0 Å². The minimum absolute atomic E-state index is 1.01. The predicted molar refractivity (Wildman–Crippen MR) is 210 cm³/mol. The van der Waals surface area contributed by atoms with Crippen LogP contribution < -0.4 is 0 Å². The molecule has 3 heterocycles. The van der Waals surface area contributed by atoms with Crippen molar-refractivity contribution in [3.63, 3.8) is 0 Å². The van der Waals surface area contributed by atoms with Crippen LogP contribution in [-0.4, -0.2) is 4.98 Å². The molecular formula is C45H31NS2. The van der Waals surface area contributed by atoms with Crippen LogP contribution in [0.2, 0.25) is 0 Å². The van der Waals surface area contributed by atoms with Crippen molar-refractivity contribution in [3.05, 3.63) is 155 Å². The summed E-state index contributed by atoms with van der Waals surface area (Å²) in [6, 6.07) is 47.7. The third-order valence-electron chi connectivity index (χ3n) is 9.99. The van der Waals surface area contributed by atoms with Crippen LogP contribution in [0, 0.1) is 13.8 Å². The number of benzene rings is 6.